The summed E-state index contributed by atoms with van der Waals surface area (Å²) in [4.78, 5) is 32.7. The topological polar surface area (TPSA) is 133 Å². The maximum Gasteiger partial charge on any atom is 0.524 e. The van der Waals surface area contributed by atoms with Crippen LogP contribution in [0.5, 0.6) is 11.5 Å². The van der Waals surface area contributed by atoms with Gasteiger partial charge < -0.3 is 28.8 Å². The minimum absolute atomic E-state index is 0.103. The van der Waals surface area contributed by atoms with Crippen molar-refractivity contribution in [2.75, 3.05) is 20.5 Å². The van der Waals surface area contributed by atoms with Crippen molar-refractivity contribution in [2.24, 2.45) is 0 Å². The highest BCUT2D eigenvalue weighted by atomic mass is 35.5. The van der Waals surface area contributed by atoms with E-state index in [1.54, 1.807) is 27.9 Å². The van der Waals surface area contributed by atoms with Gasteiger partial charge in [-0.15, -0.1) is 0 Å². The summed E-state index contributed by atoms with van der Waals surface area (Å²) in [5, 5.41) is 3.41. The van der Waals surface area contributed by atoms with E-state index in [0.29, 0.717) is 48.8 Å². The zero-order chi connectivity index (χ0) is 31.4. The van der Waals surface area contributed by atoms with Crippen LogP contribution in [0.4, 0.5) is 4.79 Å². The van der Waals surface area contributed by atoms with Crippen LogP contribution in [0.15, 0.2) is 58.5 Å². The number of carbonyl (C=O) groups excluding carboxylic acids is 1. The van der Waals surface area contributed by atoms with Gasteiger partial charge >= 0.3 is 13.9 Å². The number of ether oxygens (including phenoxy) is 4. The van der Waals surface area contributed by atoms with Crippen LogP contribution in [0.3, 0.4) is 0 Å². The molecule has 0 saturated carbocycles. The summed E-state index contributed by atoms with van der Waals surface area (Å²) in [6.07, 6.45) is 3.64. The van der Waals surface area contributed by atoms with Gasteiger partial charge in [-0.3, -0.25) is 9.79 Å². The lowest BCUT2D eigenvalue weighted by atomic mass is 9.87. The van der Waals surface area contributed by atoms with Gasteiger partial charge in [-0.25, -0.2) is 9.36 Å². The molecule has 0 fully saturated rings. The van der Waals surface area contributed by atoms with Gasteiger partial charge in [0.1, 0.15) is 17.1 Å². The molecule has 2 aromatic rings. The Hall–Kier alpha value is -2.40. The zero-order valence-electron chi connectivity index (χ0n) is 24.8. The van der Waals surface area contributed by atoms with Gasteiger partial charge in [0.05, 0.1) is 23.3 Å². The molecule has 2 rings (SSSR count). The van der Waals surface area contributed by atoms with Gasteiger partial charge in [0, 0.05) is 17.0 Å². The van der Waals surface area contributed by atoms with E-state index in [1.807, 2.05) is 50.2 Å². The molecule has 1 amide bonds. The van der Waals surface area contributed by atoms with Crippen LogP contribution < -0.4 is 14.8 Å². The summed E-state index contributed by atoms with van der Waals surface area (Å²) in [7, 11) is -3.20. The third kappa shape index (κ3) is 12.9. The van der Waals surface area contributed by atoms with Crippen molar-refractivity contribution in [1.29, 1.82) is 0 Å². The van der Waals surface area contributed by atoms with E-state index in [2.05, 4.69) is 9.84 Å². The Morgan fingerprint density at radius 1 is 1.10 bits per heavy atom. The molecular formula is C29H41ClNO9PS. The second-order valence-electron chi connectivity index (χ2n) is 10.4. The van der Waals surface area contributed by atoms with Crippen molar-refractivity contribution in [2.45, 2.75) is 81.2 Å². The monoisotopic (exact) mass is 645 g/mol. The molecule has 0 bridgehead atoms. The molecule has 3 N–H and O–H groups in total. The molecule has 13 heteroatoms. The molecule has 0 spiro atoms. The summed E-state index contributed by atoms with van der Waals surface area (Å²) in [5.41, 5.74) is -0.923. The molecule has 0 radical (unpaired) electrons. The minimum atomic E-state index is -4.75. The van der Waals surface area contributed by atoms with Crippen LogP contribution in [0.25, 0.3) is 0 Å². The first-order valence-electron chi connectivity index (χ1n) is 13.5. The minimum Gasteiger partial charge on any atom is -0.494 e. The first kappa shape index (κ1) is 35.8. The van der Waals surface area contributed by atoms with E-state index in [1.165, 1.54) is 17.8 Å². The lowest BCUT2D eigenvalue weighted by Crippen LogP contribution is -2.49. The third-order valence-corrected chi connectivity index (χ3v) is 7.46. The number of aryl methyl sites for hydroxylation is 1. The molecule has 234 valence electrons. The fourth-order valence-corrected chi connectivity index (χ4v) is 5.53. The molecule has 2 aromatic carbocycles. The maximum atomic E-state index is 12.7. The summed E-state index contributed by atoms with van der Waals surface area (Å²) in [6.45, 7) is 9.74. The molecule has 42 heavy (non-hydrogen) atoms. The second kappa shape index (κ2) is 16.4. The molecule has 0 unspecified atom stereocenters. The maximum absolute atomic E-state index is 12.7. The summed E-state index contributed by atoms with van der Waals surface area (Å²) in [6, 6.07) is 11.3. The number of methoxy groups -OCH3 is 1. The summed E-state index contributed by atoms with van der Waals surface area (Å²) < 4.78 is 37.7. The fraction of sp³-hybridized carbons (Fsp3) is 0.483. The number of alkyl carbamates (subject to hydrolysis) is 1. The number of phosphoric acid groups is 1. The van der Waals surface area contributed by atoms with Crippen molar-refractivity contribution in [1.82, 2.24) is 5.32 Å². The van der Waals surface area contributed by atoms with E-state index in [0.717, 1.165) is 21.6 Å². The molecule has 0 aliphatic heterocycles. The number of benzene rings is 2. The Morgan fingerprint density at radius 2 is 1.83 bits per heavy atom. The first-order valence-corrected chi connectivity index (χ1v) is 16.2. The van der Waals surface area contributed by atoms with E-state index >= 15 is 0 Å². The Kier molecular flexibility index (Phi) is 14.0. The lowest BCUT2D eigenvalue weighted by Gasteiger charge is -2.33. The largest absolute Gasteiger partial charge is 0.524 e. The predicted octanol–water partition coefficient (Wildman–Crippen LogP) is 7.49. The molecule has 10 nitrogen and oxygen atoms in total. The quantitative estimate of drug-likeness (QED) is 0.0958. The average Bonchev–Trinajstić information content (AvgIpc) is 2.86. The van der Waals surface area contributed by atoms with Crippen LogP contribution in [-0.4, -0.2) is 47.5 Å². The molecule has 1 atom stereocenters. The van der Waals surface area contributed by atoms with E-state index < -0.39 is 25.1 Å². The first-order chi connectivity index (χ1) is 19.7. The molecule has 0 saturated heterocycles. The van der Waals surface area contributed by atoms with Crippen molar-refractivity contribution in [3.05, 3.63) is 59.3 Å². The average molecular weight is 646 g/mol. The van der Waals surface area contributed by atoms with E-state index in [9.17, 15) is 9.36 Å². The highest BCUT2D eigenvalue weighted by molar-refractivity contribution is 7.99. The Labute approximate surface area is 257 Å². The standard InChI is InChI=1S/C29H41ClNO9PS/c1-7-14-29(16-17-39-41(33,34)35,31-27(32)40-28(3,4)5)15-13-21-9-11-23(19-24(21)30)42-26-18-22(37-8-2)10-12-25(26)38-20-36-6/h9-12,16-19H,7-8,13-15,20H2,1-6H3,(H,31,32)(H2,33,34,35)/t29-/m0/s1. The molecular weight excluding hydrogens is 605 g/mol. The number of rotatable bonds is 16. The van der Waals surface area contributed by atoms with Crippen molar-refractivity contribution < 1.29 is 42.6 Å². The Balaban J connectivity index is 2.30. The van der Waals surface area contributed by atoms with Gasteiger partial charge in [-0.05, 0) is 88.9 Å². The van der Waals surface area contributed by atoms with E-state index in [-0.39, 0.29) is 6.79 Å². The van der Waals surface area contributed by atoms with Crippen molar-refractivity contribution >= 4 is 37.3 Å². The predicted molar refractivity (Wildman–Crippen MR) is 163 cm³/mol. The zero-order valence-corrected chi connectivity index (χ0v) is 27.3. The van der Waals surface area contributed by atoms with Gasteiger partial charge in [0.15, 0.2) is 6.79 Å². The number of phosphoric ester groups is 1. The van der Waals surface area contributed by atoms with Crippen LogP contribution in [0.2, 0.25) is 5.02 Å². The summed E-state index contributed by atoms with van der Waals surface area (Å²) in [5.74, 6) is 1.36. The number of carbonyl (C=O) groups is 1. The third-order valence-electron chi connectivity index (χ3n) is 5.68. The number of nitrogens with one attached hydrogen (secondary N) is 1. The van der Waals surface area contributed by atoms with E-state index in [4.69, 9.17) is 40.3 Å². The normalized spacial score (nSPS) is 13.5. The number of amides is 1. The smallest absolute Gasteiger partial charge is 0.494 e. The number of hydrogen-bond donors (Lipinski definition) is 3. The van der Waals surface area contributed by atoms with Gasteiger partial charge in [0.2, 0.25) is 0 Å². The number of halogens is 1. The fourth-order valence-electron chi connectivity index (χ4n) is 4.00. The van der Waals surface area contributed by atoms with Crippen LogP contribution >= 0.6 is 31.2 Å². The van der Waals surface area contributed by atoms with Crippen LogP contribution in [0, 0.1) is 0 Å². The van der Waals surface area contributed by atoms with Crippen LogP contribution in [-0.2, 0) is 25.0 Å². The highest BCUT2D eigenvalue weighted by Crippen LogP contribution is 2.40. The highest BCUT2D eigenvalue weighted by Gasteiger charge is 2.31. The van der Waals surface area contributed by atoms with Crippen molar-refractivity contribution in [3.63, 3.8) is 0 Å². The van der Waals surface area contributed by atoms with Gasteiger partial charge in [0.25, 0.3) is 0 Å². The number of hydrogen-bond acceptors (Lipinski definition) is 8. The molecule has 0 heterocycles. The molecule has 0 aliphatic carbocycles. The molecule has 0 aliphatic rings. The van der Waals surface area contributed by atoms with Crippen molar-refractivity contribution in [3.8, 4) is 11.5 Å². The van der Waals surface area contributed by atoms with Gasteiger partial charge in [-0.2, -0.15) is 0 Å². The van der Waals surface area contributed by atoms with Gasteiger partial charge in [-0.1, -0.05) is 42.8 Å². The Bertz CT molecular complexity index is 1250. The van der Waals surface area contributed by atoms with Crippen LogP contribution in [0.1, 0.15) is 59.4 Å². The Morgan fingerprint density at radius 3 is 2.43 bits per heavy atom. The molecule has 0 aromatic heterocycles. The second-order valence-corrected chi connectivity index (χ2v) is 13.1. The SMILES string of the molecule is CCC[C@@](C=COP(=O)(O)O)(CCc1ccc(Sc2cc(OCC)ccc2OCOC)cc1Cl)NC(=O)OC(C)(C)C. The lowest BCUT2D eigenvalue weighted by molar-refractivity contribution is 0.0466. The summed E-state index contributed by atoms with van der Waals surface area (Å²) >= 11 is 8.18.